The second kappa shape index (κ2) is 4.49. The lowest BCUT2D eigenvalue weighted by Gasteiger charge is -2.43. The zero-order valence-electron chi connectivity index (χ0n) is 9.99. The van der Waals surface area contributed by atoms with Gasteiger partial charge in [-0.3, -0.25) is 9.69 Å². The molecule has 2 unspecified atom stereocenters. The summed E-state index contributed by atoms with van der Waals surface area (Å²) in [6.45, 7) is 9.29. The molecule has 0 spiro atoms. The Morgan fingerprint density at radius 2 is 2.27 bits per heavy atom. The number of ether oxygens (including phenoxy) is 1. The molecule has 1 aliphatic rings. The van der Waals surface area contributed by atoms with Crippen LogP contribution in [0.4, 0.5) is 0 Å². The van der Waals surface area contributed by atoms with Crippen molar-refractivity contribution in [2.75, 3.05) is 13.1 Å². The molecular formula is C11H21NO3. The van der Waals surface area contributed by atoms with Crippen molar-refractivity contribution in [2.45, 2.75) is 51.9 Å². The predicted octanol–water partition coefficient (Wildman–Crippen LogP) is 1.35. The van der Waals surface area contributed by atoms with Gasteiger partial charge in [-0.25, -0.2) is 0 Å². The normalized spacial score (nSPS) is 28.7. The Kier molecular flexibility index (Phi) is 3.73. The van der Waals surface area contributed by atoms with Crippen LogP contribution in [-0.2, 0) is 9.53 Å². The highest BCUT2D eigenvalue weighted by Crippen LogP contribution is 2.23. The van der Waals surface area contributed by atoms with Crippen LogP contribution in [-0.4, -0.2) is 46.8 Å². The molecule has 0 radical (unpaired) electrons. The van der Waals surface area contributed by atoms with Gasteiger partial charge in [-0.05, 0) is 27.2 Å². The quantitative estimate of drug-likeness (QED) is 0.772. The maximum atomic E-state index is 11.1. The Labute approximate surface area is 91.2 Å². The number of rotatable bonds is 3. The van der Waals surface area contributed by atoms with Crippen LogP contribution in [0.25, 0.3) is 0 Å². The topological polar surface area (TPSA) is 49.8 Å². The lowest BCUT2D eigenvalue weighted by Crippen LogP contribution is -2.56. The molecule has 1 saturated heterocycles. The Hall–Kier alpha value is -0.610. The molecule has 0 aliphatic carbocycles. The summed E-state index contributed by atoms with van der Waals surface area (Å²) in [5.74, 6) is -0.734. The summed E-state index contributed by atoms with van der Waals surface area (Å²) in [6, 6.07) is -0.379. The molecule has 0 aromatic carbocycles. The van der Waals surface area contributed by atoms with Crippen molar-refractivity contribution in [3.63, 3.8) is 0 Å². The van der Waals surface area contributed by atoms with Gasteiger partial charge in [0.15, 0.2) is 0 Å². The molecule has 1 rings (SSSR count). The second-order valence-electron chi connectivity index (χ2n) is 4.88. The molecule has 0 amide bonds. The van der Waals surface area contributed by atoms with Crippen molar-refractivity contribution in [2.24, 2.45) is 0 Å². The van der Waals surface area contributed by atoms with Crippen molar-refractivity contribution >= 4 is 5.97 Å². The smallest absolute Gasteiger partial charge is 0.320 e. The van der Waals surface area contributed by atoms with Crippen molar-refractivity contribution in [1.29, 1.82) is 0 Å². The first-order valence-electron chi connectivity index (χ1n) is 5.50. The highest BCUT2D eigenvalue weighted by Gasteiger charge is 2.36. The van der Waals surface area contributed by atoms with Crippen LogP contribution >= 0.6 is 0 Å². The fourth-order valence-corrected chi connectivity index (χ4v) is 2.33. The molecule has 0 aromatic rings. The second-order valence-corrected chi connectivity index (χ2v) is 4.88. The number of carboxylic acid groups (broad SMARTS) is 1. The van der Waals surface area contributed by atoms with Crippen LogP contribution in [0.5, 0.6) is 0 Å². The largest absolute Gasteiger partial charge is 0.480 e. The summed E-state index contributed by atoms with van der Waals surface area (Å²) in [7, 11) is 0. The molecule has 4 nitrogen and oxygen atoms in total. The third kappa shape index (κ3) is 3.18. The maximum absolute atomic E-state index is 11.1. The SMILES string of the molecule is CCC(C(=O)O)N1CC(C)OC(C)(C)C1. The first-order valence-corrected chi connectivity index (χ1v) is 5.50. The van der Waals surface area contributed by atoms with E-state index in [1.54, 1.807) is 0 Å². The maximum Gasteiger partial charge on any atom is 0.320 e. The summed E-state index contributed by atoms with van der Waals surface area (Å²) in [6.07, 6.45) is 0.736. The van der Waals surface area contributed by atoms with Gasteiger partial charge in [-0.2, -0.15) is 0 Å². The van der Waals surface area contributed by atoms with Gasteiger partial charge in [0.05, 0.1) is 11.7 Å². The predicted molar refractivity (Wildman–Crippen MR) is 57.9 cm³/mol. The first kappa shape index (κ1) is 12.5. The Morgan fingerprint density at radius 3 is 2.67 bits per heavy atom. The van der Waals surface area contributed by atoms with E-state index in [0.29, 0.717) is 19.5 Å². The molecule has 1 fully saturated rings. The van der Waals surface area contributed by atoms with E-state index in [4.69, 9.17) is 9.84 Å². The third-order valence-corrected chi connectivity index (χ3v) is 2.71. The highest BCUT2D eigenvalue weighted by molar-refractivity contribution is 5.73. The van der Waals surface area contributed by atoms with Gasteiger partial charge in [0, 0.05) is 13.1 Å². The van der Waals surface area contributed by atoms with Gasteiger partial charge in [-0.1, -0.05) is 6.92 Å². The zero-order valence-corrected chi connectivity index (χ0v) is 9.99. The average molecular weight is 215 g/mol. The standard InChI is InChI=1S/C11H21NO3/c1-5-9(10(13)14)12-6-8(2)15-11(3,4)7-12/h8-9H,5-7H2,1-4H3,(H,13,14). The van der Waals surface area contributed by atoms with Crippen LogP contribution in [0.1, 0.15) is 34.1 Å². The van der Waals surface area contributed by atoms with Crippen molar-refractivity contribution in [1.82, 2.24) is 4.90 Å². The molecule has 0 saturated carbocycles. The zero-order chi connectivity index (χ0) is 11.6. The number of morpholine rings is 1. The summed E-state index contributed by atoms with van der Waals surface area (Å²) < 4.78 is 5.74. The van der Waals surface area contributed by atoms with E-state index in [-0.39, 0.29) is 17.7 Å². The van der Waals surface area contributed by atoms with Crippen LogP contribution in [0.2, 0.25) is 0 Å². The van der Waals surface area contributed by atoms with E-state index in [2.05, 4.69) is 0 Å². The number of nitrogens with zero attached hydrogens (tertiary/aromatic N) is 1. The minimum Gasteiger partial charge on any atom is -0.480 e. The van der Waals surface area contributed by atoms with E-state index in [1.165, 1.54) is 0 Å². The minimum atomic E-state index is -0.734. The third-order valence-electron chi connectivity index (χ3n) is 2.71. The molecule has 1 aliphatic heterocycles. The average Bonchev–Trinajstić information content (AvgIpc) is 1.99. The molecular weight excluding hydrogens is 194 g/mol. The monoisotopic (exact) mass is 215 g/mol. The lowest BCUT2D eigenvalue weighted by molar-refractivity contribution is -0.160. The molecule has 88 valence electrons. The molecule has 0 bridgehead atoms. The van der Waals surface area contributed by atoms with Crippen molar-refractivity contribution in [3.8, 4) is 0 Å². The molecule has 1 N–H and O–H groups in total. The molecule has 4 heteroatoms. The number of hydrogen-bond acceptors (Lipinski definition) is 3. The van der Waals surface area contributed by atoms with Gasteiger partial charge in [-0.15, -0.1) is 0 Å². The Morgan fingerprint density at radius 1 is 1.67 bits per heavy atom. The summed E-state index contributed by atoms with van der Waals surface area (Å²) in [5.41, 5.74) is -0.249. The summed E-state index contributed by atoms with van der Waals surface area (Å²) in [4.78, 5) is 13.1. The molecule has 2 atom stereocenters. The van der Waals surface area contributed by atoms with E-state index < -0.39 is 5.97 Å². The van der Waals surface area contributed by atoms with E-state index in [0.717, 1.165) is 0 Å². The van der Waals surface area contributed by atoms with Gasteiger partial charge >= 0.3 is 5.97 Å². The fraction of sp³-hybridized carbons (Fsp3) is 0.909. The first-order chi connectivity index (χ1) is 6.85. The van der Waals surface area contributed by atoms with Crippen molar-refractivity contribution in [3.05, 3.63) is 0 Å². The Balaban J connectivity index is 2.72. The van der Waals surface area contributed by atoms with E-state index in [9.17, 15) is 4.79 Å². The van der Waals surface area contributed by atoms with Crippen LogP contribution in [0.3, 0.4) is 0 Å². The fourth-order valence-electron chi connectivity index (χ4n) is 2.33. The van der Waals surface area contributed by atoms with Crippen LogP contribution in [0, 0.1) is 0 Å². The van der Waals surface area contributed by atoms with Crippen LogP contribution in [0.15, 0.2) is 0 Å². The van der Waals surface area contributed by atoms with Gasteiger partial charge in [0.2, 0.25) is 0 Å². The van der Waals surface area contributed by atoms with Gasteiger partial charge < -0.3 is 9.84 Å². The van der Waals surface area contributed by atoms with E-state index in [1.807, 2.05) is 32.6 Å². The summed E-state index contributed by atoms with van der Waals surface area (Å²) in [5, 5.41) is 9.10. The molecule has 1 heterocycles. The Bertz CT molecular complexity index is 240. The van der Waals surface area contributed by atoms with E-state index >= 15 is 0 Å². The van der Waals surface area contributed by atoms with Gasteiger partial charge in [0.25, 0.3) is 0 Å². The number of carbonyl (C=O) groups is 1. The number of carboxylic acids is 1. The van der Waals surface area contributed by atoms with Gasteiger partial charge in [0.1, 0.15) is 6.04 Å². The lowest BCUT2D eigenvalue weighted by atomic mass is 10.0. The minimum absolute atomic E-state index is 0.0992. The van der Waals surface area contributed by atoms with Crippen molar-refractivity contribution < 1.29 is 14.6 Å². The molecule has 15 heavy (non-hydrogen) atoms. The number of aliphatic carboxylic acids is 1. The molecule has 0 aromatic heterocycles. The van der Waals surface area contributed by atoms with Crippen LogP contribution < -0.4 is 0 Å². The number of hydrogen-bond donors (Lipinski definition) is 1. The summed E-state index contributed by atoms with van der Waals surface area (Å²) >= 11 is 0. The highest BCUT2D eigenvalue weighted by atomic mass is 16.5.